The van der Waals surface area contributed by atoms with Crippen LogP contribution in [0.4, 0.5) is 0 Å². The lowest BCUT2D eigenvalue weighted by Crippen LogP contribution is -2.12. The topological polar surface area (TPSA) is 130 Å². The van der Waals surface area contributed by atoms with Crippen molar-refractivity contribution in [2.45, 2.75) is 19.3 Å². The van der Waals surface area contributed by atoms with Crippen molar-refractivity contribution in [3.05, 3.63) is 75.8 Å². The van der Waals surface area contributed by atoms with Crippen LogP contribution in [0.3, 0.4) is 0 Å². The zero-order valence-corrected chi connectivity index (χ0v) is 17.3. The third-order valence-corrected chi connectivity index (χ3v) is 5.24. The van der Waals surface area contributed by atoms with Gasteiger partial charge in [-0.15, -0.1) is 0 Å². The van der Waals surface area contributed by atoms with E-state index in [1.54, 1.807) is 49.4 Å². The number of ether oxygens (including phenoxy) is 1. The Labute approximate surface area is 181 Å². The first kappa shape index (κ1) is 21.0. The third kappa shape index (κ3) is 3.56. The molecule has 2 aromatic heterocycles. The van der Waals surface area contributed by atoms with E-state index in [9.17, 15) is 24.9 Å². The summed E-state index contributed by atoms with van der Waals surface area (Å²) in [5, 5.41) is 31.2. The normalized spacial score (nSPS) is 12.1. The number of furan rings is 1. The molecule has 4 rings (SSSR count). The summed E-state index contributed by atoms with van der Waals surface area (Å²) in [6, 6.07) is 13.2. The van der Waals surface area contributed by atoms with Crippen molar-refractivity contribution in [2.24, 2.45) is 0 Å². The lowest BCUT2D eigenvalue weighted by atomic mass is 9.90. The van der Waals surface area contributed by atoms with Gasteiger partial charge < -0.3 is 28.9 Å². The average Bonchev–Trinajstić information content (AvgIpc) is 3.23. The number of phenolic OH excluding ortho intramolecular Hbond substituents is 3. The number of carbonyl (C=O) groups is 1. The molecule has 0 aliphatic carbocycles. The molecule has 1 atom stereocenters. The zero-order chi connectivity index (χ0) is 23.0. The van der Waals surface area contributed by atoms with Gasteiger partial charge in [0.25, 0.3) is 0 Å². The first-order valence-electron chi connectivity index (χ1n) is 9.75. The first-order valence-corrected chi connectivity index (χ1v) is 9.75. The van der Waals surface area contributed by atoms with Crippen molar-refractivity contribution in [3.63, 3.8) is 0 Å². The number of aryl methyl sites for hydroxylation is 1. The molecule has 1 unspecified atom stereocenters. The lowest BCUT2D eigenvalue weighted by molar-refractivity contribution is -0.140. The highest BCUT2D eigenvalue weighted by Crippen LogP contribution is 2.49. The number of esters is 1. The van der Waals surface area contributed by atoms with Gasteiger partial charge in [0.15, 0.2) is 16.9 Å². The summed E-state index contributed by atoms with van der Waals surface area (Å²) in [7, 11) is 1.21. The molecule has 0 spiro atoms. The second-order valence-corrected chi connectivity index (χ2v) is 7.29. The monoisotopic (exact) mass is 436 g/mol. The molecule has 8 nitrogen and oxygen atoms in total. The summed E-state index contributed by atoms with van der Waals surface area (Å²) in [4.78, 5) is 25.1. The summed E-state index contributed by atoms with van der Waals surface area (Å²) in [5.41, 5.74) is -0.300. The fourth-order valence-electron chi connectivity index (χ4n) is 3.68. The molecule has 2 aromatic carbocycles. The molecule has 4 aromatic rings. The van der Waals surface area contributed by atoms with Gasteiger partial charge in [0.1, 0.15) is 28.2 Å². The number of rotatable bonds is 5. The SMILES string of the molecule is COC(=O)CC(c1ccc(C)o1)c1c(O)c(O)c(O)c2c(=O)cc(-c3ccccc3)oc12. The van der Waals surface area contributed by atoms with Gasteiger partial charge in [-0.05, 0) is 19.1 Å². The minimum Gasteiger partial charge on any atom is -0.504 e. The molecule has 164 valence electrons. The average molecular weight is 436 g/mol. The number of hydrogen-bond donors (Lipinski definition) is 3. The van der Waals surface area contributed by atoms with Crippen LogP contribution in [-0.4, -0.2) is 28.4 Å². The molecule has 32 heavy (non-hydrogen) atoms. The Morgan fingerprint density at radius 3 is 2.34 bits per heavy atom. The van der Waals surface area contributed by atoms with E-state index >= 15 is 0 Å². The van der Waals surface area contributed by atoms with Crippen molar-refractivity contribution in [2.75, 3.05) is 7.11 Å². The molecule has 0 aliphatic rings. The quantitative estimate of drug-likeness (QED) is 0.314. The van der Waals surface area contributed by atoms with Crippen LogP contribution in [0.5, 0.6) is 17.2 Å². The van der Waals surface area contributed by atoms with Crippen LogP contribution in [0.15, 0.2) is 62.2 Å². The molecule has 0 aliphatic heterocycles. The maximum Gasteiger partial charge on any atom is 0.306 e. The van der Waals surface area contributed by atoms with E-state index in [4.69, 9.17) is 13.6 Å². The van der Waals surface area contributed by atoms with E-state index in [2.05, 4.69) is 0 Å². The van der Waals surface area contributed by atoms with E-state index in [1.165, 1.54) is 13.2 Å². The highest BCUT2D eigenvalue weighted by molar-refractivity contribution is 5.93. The summed E-state index contributed by atoms with van der Waals surface area (Å²) in [5.74, 6) is -3.03. The van der Waals surface area contributed by atoms with Crippen molar-refractivity contribution in [1.82, 2.24) is 0 Å². The van der Waals surface area contributed by atoms with E-state index in [0.29, 0.717) is 11.3 Å². The molecule has 0 amide bonds. The van der Waals surface area contributed by atoms with E-state index in [-0.39, 0.29) is 34.5 Å². The van der Waals surface area contributed by atoms with E-state index in [0.717, 1.165) is 0 Å². The molecule has 0 radical (unpaired) electrons. The largest absolute Gasteiger partial charge is 0.504 e. The number of aromatic hydroxyl groups is 3. The van der Waals surface area contributed by atoms with Crippen LogP contribution in [0.25, 0.3) is 22.3 Å². The maximum atomic E-state index is 12.9. The van der Waals surface area contributed by atoms with Gasteiger partial charge in [-0.1, -0.05) is 30.3 Å². The zero-order valence-electron chi connectivity index (χ0n) is 17.3. The van der Waals surface area contributed by atoms with Gasteiger partial charge >= 0.3 is 5.97 Å². The van der Waals surface area contributed by atoms with Crippen LogP contribution in [-0.2, 0) is 9.53 Å². The first-order chi connectivity index (χ1) is 15.3. The number of hydrogen-bond acceptors (Lipinski definition) is 8. The number of methoxy groups -OCH3 is 1. The molecule has 3 N–H and O–H groups in total. The minimum absolute atomic E-state index is 0.0788. The molecule has 0 fully saturated rings. The Bertz CT molecular complexity index is 1360. The fraction of sp³-hybridized carbons (Fsp3) is 0.167. The molecule has 0 saturated heterocycles. The van der Waals surface area contributed by atoms with Crippen LogP contribution in [0, 0.1) is 6.92 Å². The van der Waals surface area contributed by atoms with Crippen molar-refractivity contribution in [1.29, 1.82) is 0 Å². The van der Waals surface area contributed by atoms with E-state index < -0.39 is 34.6 Å². The predicted octanol–water partition coefficient (Wildman–Crippen LogP) is 4.17. The predicted molar refractivity (Wildman–Crippen MR) is 115 cm³/mol. The Balaban J connectivity index is 2.08. The van der Waals surface area contributed by atoms with Crippen molar-refractivity contribution >= 4 is 16.9 Å². The number of benzene rings is 2. The van der Waals surface area contributed by atoms with Gasteiger partial charge in [-0.25, -0.2) is 0 Å². The number of carbonyl (C=O) groups excluding carboxylic acids is 1. The van der Waals surface area contributed by atoms with Gasteiger partial charge in [0.2, 0.25) is 5.75 Å². The lowest BCUT2D eigenvalue weighted by Gasteiger charge is -2.19. The smallest absolute Gasteiger partial charge is 0.306 e. The fourth-order valence-corrected chi connectivity index (χ4v) is 3.68. The number of fused-ring (bicyclic) bond motifs is 1. The summed E-state index contributed by atoms with van der Waals surface area (Å²) < 4.78 is 16.4. The Hall–Kier alpha value is -4.20. The van der Waals surface area contributed by atoms with Gasteiger partial charge in [-0.2, -0.15) is 0 Å². The van der Waals surface area contributed by atoms with Crippen LogP contribution < -0.4 is 5.43 Å². The highest BCUT2D eigenvalue weighted by Gasteiger charge is 2.32. The molecule has 0 bridgehead atoms. The molecular weight excluding hydrogens is 416 g/mol. The summed E-state index contributed by atoms with van der Waals surface area (Å²) in [6.07, 6.45) is -0.282. The standard InChI is InChI=1S/C24H20O8/c1-12-8-9-16(31-12)14(10-18(26)30-2)19-21(27)23(29)22(28)20-15(25)11-17(32-24(19)20)13-6-4-3-5-7-13/h3-9,11,14,27-29H,10H2,1-2H3. The highest BCUT2D eigenvalue weighted by atomic mass is 16.5. The maximum absolute atomic E-state index is 12.9. The Morgan fingerprint density at radius 2 is 1.72 bits per heavy atom. The Kier molecular flexibility index (Phi) is 5.36. The van der Waals surface area contributed by atoms with Crippen LogP contribution in [0.2, 0.25) is 0 Å². The third-order valence-electron chi connectivity index (χ3n) is 5.24. The van der Waals surface area contributed by atoms with Gasteiger partial charge in [0.05, 0.1) is 25.0 Å². The minimum atomic E-state index is -0.973. The summed E-state index contributed by atoms with van der Waals surface area (Å²) in [6.45, 7) is 1.71. The summed E-state index contributed by atoms with van der Waals surface area (Å²) >= 11 is 0. The van der Waals surface area contributed by atoms with Crippen molar-refractivity contribution < 1.29 is 33.7 Å². The van der Waals surface area contributed by atoms with Gasteiger partial charge in [-0.3, -0.25) is 9.59 Å². The molecule has 8 heteroatoms. The molecule has 0 saturated carbocycles. The van der Waals surface area contributed by atoms with E-state index in [1.807, 2.05) is 0 Å². The van der Waals surface area contributed by atoms with Crippen LogP contribution >= 0.6 is 0 Å². The van der Waals surface area contributed by atoms with Crippen molar-refractivity contribution in [3.8, 4) is 28.6 Å². The molecular formula is C24H20O8. The van der Waals surface area contributed by atoms with Crippen LogP contribution in [0.1, 0.15) is 29.4 Å². The second-order valence-electron chi connectivity index (χ2n) is 7.29. The molecule has 2 heterocycles. The second kappa shape index (κ2) is 8.14. The number of phenols is 3. The Morgan fingerprint density at radius 1 is 1.00 bits per heavy atom. The van der Waals surface area contributed by atoms with Gasteiger partial charge in [0, 0.05) is 11.6 Å².